The lowest BCUT2D eigenvalue weighted by Gasteiger charge is -2.31. The fourth-order valence-electron chi connectivity index (χ4n) is 2.86. The number of hydrogen-bond acceptors (Lipinski definition) is 5. The van der Waals surface area contributed by atoms with Gasteiger partial charge in [0.1, 0.15) is 0 Å². The van der Waals surface area contributed by atoms with Gasteiger partial charge in [-0.3, -0.25) is 9.80 Å². The van der Waals surface area contributed by atoms with Crippen LogP contribution in [0.4, 0.5) is 0 Å². The average molecular weight is 321 g/mol. The monoisotopic (exact) mass is 321 g/mol. The van der Waals surface area contributed by atoms with E-state index < -0.39 is 0 Å². The van der Waals surface area contributed by atoms with Gasteiger partial charge in [-0.1, -0.05) is 30.3 Å². The number of aliphatic hydroxyl groups is 1. The van der Waals surface area contributed by atoms with Crippen LogP contribution in [0.25, 0.3) is 0 Å². The lowest BCUT2D eigenvalue weighted by atomic mass is 10.2. The van der Waals surface area contributed by atoms with E-state index in [9.17, 15) is 5.11 Å². The van der Waals surface area contributed by atoms with Crippen LogP contribution in [0, 0.1) is 0 Å². The first-order chi connectivity index (χ1) is 11.1. The molecule has 130 valence electrons. The minimum atomic E-state index is -0.320. The van der Waals surface area contributed by atoms with E-state index in [1.54, 1.807) is 0 Å². The second kappa shape index (κ2) is 10.0. The second-order valence-electron chi connectivity index (χ2n) is 6.59. The van der Waals surface area contributed by atoms with Crippen LogP contribution >= 0.6 is 0 Å². The first kappa shape index (κ1) is 18.4. The number of β-amino-alcohol motifs (C(OH)–C–C–N with tert-alkyl or cyclic N) is 1. The van der Waals surface area contributed by atoms with Gasteiger partial charge in [-0.2, -0.15) is 0 Å². The Labute approximate surface area is 140 Å². The summed E-state index contributed by atoms with van der Waals surface area (Å²) in [5.41, 5.74) is 1.30. The number of hydrogen-bond donors (Lipinski definition) is 1. The molecule has 2 rings (SSSR count). The molecule has 1 N–H and O–H groups in total. The predicted octanol–water partition coefficient (Wildman–Crippen LogP) is 0.743. The molecule has 1 atom stereocenters. The molecule has 1 saturated heterocycles. The molecule has 23 heavy (non-hydrogen) atoms. The summed E-state index contributed by atoms with van der Waals surface area (Å²) in [6, 6.07) is 10.5. The highest BCUT2D eigenvalue weighted by molar-refractivity contribution is 5.14. The van der Waals surface area contributed by atoms with Gasteiger partial charge in [-0.25, -0.2) is 0 Å². The highest BCUT2D eigenvalue weighted by Gasteiger charge is 2.17. The summed E-state index contributed by atoms with van der Waals surface area (Å²) in [4.78, 5) is 6.83. The first-order valence-corrected chi connectivity index (χ1v) is 8.52. The Balaban J connectivity index is 1.84. The summed E-state index contributed by atoms with van der Waals surface area (Å²) in [6.45, 7) is 7.69. The Hall–Kier alpha value is -0.980. The van der Waals surface area contributed by atoms with Crippen molar-refractivity contribution in [1.82, 2.24) is 14.7 Å². The van der Waals surface area contributed by atoms with Crippen LogP contribution in [-0.2, 0) is 11.3 Å². The van der Waals surface area contributed by atoms with Gasteiger partial charge >= 0.3 is 0 Å². The average Bonchev–Trinajstić information content (AvgIpc) is 2.54. The number of rotatable bonds is 9. The Kier molecular flexibility index (Phi) is 7.99. The molecule has 0 spiro atoms. The third-order valence-electron chi connectivity index (χ3n) is 4.15. The van der Waals surface area contributed by atoms with E-state index in [0.717, 1.165) is 52.5 Å². The zero-order valence-corrected chi connectivity index (χ0v) is 14.5. The van der Waals surface area contributed by atoms with E-state index in [1.807, 2.05) is 6.07 Å². The molecule has 0 radical (unpaired) electrons. The van der Waals surface area contributed by atoms with E-state index in [0.29, 0.717) is 6.54 Å². The summed E-state index contributed by atoms with van der Waals surface area (Å²) in [5.74, 6) is 0. The molecular weight excluding hydrogens is 290 g/mol. The lowest BCUT2D eigenvalue weighted by molar-refractivity contribution is 0.00588. The summed E-state index contributed by atoms with van der Waals surface area (Å²) in [5, 5.41) is 10.5. The van der Waals surface area contributed by atoms with Gasteiger partial charge in [-0.05, 0) is 19.7 Å². The molecule has 1 heterocycles. The molecule has 0 saturated carbocycles. The van der Waals surface area contributed by atoms with Gasteiger partial charge in [0, 0.05) is 45.8 Å². The van der Waals surface area contributed by atoms with E-state index in [4.69, 9.17) is 4.74 Å². The van der Waals surface area contributed by atoms with Crippen molar-refractivity contribution in [3.8, 4) is 0 Å². The summed E-state index contributed by atoms with van der Waals surface area (Å²) in [7, 11) is 4.18. The van der Waals surface area contributed by atoms with Gasteiger partial charge in [0.15, 0.2) is 0 Å². The van der Waals surface area contributed by atoms with Crippen molar-refractivity contribution in [2.45, 2.75) is 12.6 Å². The van der Waals surface area contributed by atoms with Crippen LogP contribution in [0.3, 0.4) is 0 Å². The Morgan fingerprint density at radius 3 is 2.48 bits per heavy atom. The second-order valence-corrected chi connectivity index (χ2v) is 6.59. The molecule has 5 heteroatoms. The van der Waals surface area contributed by atoms with Crippen LogP contribution < -0.4 is 0 Å². The van der Waals surface area contributed by atoms with Crippen molar-refractivity contribution in [3.05, 3.63) is 35.9 Å². The normalized spacial score (nSPS) is 17.8. The molecule has 1 aliphatic heterocycles. The molecule has 1 aromatic carbocycles. The molecule has 0 bridgehead atoms. The van der Waals surface area contributed by atoms with Crippen LogP contribution in [0.2, 0.25) is 0 Å². The van der Waals surface area contributed by atoms with Crippen molar-refractivity contribution in [2.24, 2.45) is 0 Å². The lowest BCUT2D eigenvalue weighted by Crippen LogP contribution is -2.45. The minimum absolute atomic E-state index is 0.320. The fourth-order valence-corrected chi connectivity index (χ4v) is 2.86. The van der Waals surface area contributed by atoms with Crippen LogP contribution in [0.1, 0.15) is 5.56 Å². The molecule has 0 amide bonds. The minimum Gasteiger partial charge on any atom is -0.390 e. The highest BCUT2D eigenvalue weighted by atomic mass is 16.5. The van der Waals surface area contributed by atoms with E-state index in [-0.39, 0.29) is 6.10 Å². The molecule has 1 aromatic rings. The first-order valence-electron chi connectivity index (χ1n) is 8.52. The molecule has 5 nitrogen and oxygen atoms in total. The molecule has 1 fully saturated rings. The fraction of sp³-hybridized carbons (Fsp3) is 0.667. The van der Waals surface area contributed by atoms with Gasteiger partial charge in [0.25, 0.3) is 0 Å². The van der Waals surface area contributed by atoms with Crippen molar-refractivity contribution in [3.63, 3.8) is 0 Å². The smallest absolute Gasteiger partial charge is 0.0793 e. The molecule has 1 unspecified atom stereocenters. The topological polar surface area (TPSA) is 39.2 Å². The summed E-state index contributed by atoms with van der Waals surface area (Å²) >= 11 is 0. The Morgan fingerprint density at radius 1 is 1.13 bits per heavy atom. The van der Waals surface area contributed by atoms with Gasteiger partial charge in [0.05, 0.1) is 19.3 Å². The van der Waals surface area contributed by atoms with E-state index >= 15 is 0 Å². The number of likely N-dealkylation sites (N-methyl/N-ethyl adjacent to an activating group) is 1. The molecule has 1 aliphatic rings. The number of benzene rings is 1. The SMILES string of the molecule is CN(C)CCN(Cc1ccccc1)CC(O)CN1CCOCC1. The highest BCUT2D eigenvalue weighted by Crippen LogP contribution is 2.07. The number of aliphatic hydroxyl groups excluding tert-OH is 1. The van der Waals surface area contributed by atoms with Gasteiger partial charge < -0.3 is 14.7 Å². The van der Waals surface area contributed by atoms with Crippen molar-refractivity contribution >= 4 is 0 Å². The van der Waals surface area contributed by atoms with Crippen molar-refractivity contribution < 1.29 is 9.84 Å². The summed E-state index contributed by atoms with van der Waals surface area (Å²) in [6.07, 6.45) is -0.320. The van der Waals surface area contributed by atoms with Crippen LogP contribution in [0.15, 0.2) is 30.3 Å². The van der Waals surface area contributed by atoms with Crippen LogP contribution in [0.5, 0.6) is 0 Å². The quantitative estimate of drug-likeness (QED) is 0.726. The Morgan fingerprint density at radius 2 is 1.83 bits per heavy atom. The van der Waals surface area contributed by atoms with Gasteiger partial charge in [-0.15, -0.1) is 0 Å². The van der Waals surface area contributed by atoms with Gasteiger partial charge in [0.2, 0.25) is 0 Å². The predicted molar refractivity (Wildman–Crippen MR) is 93.5 cm³/mol. The standard InChI is InChI=1S/C18H31N3O2/c1-19(2)8-9-21(14-17-6-4-3-5-7-17)16-18(22)15-20-10-12-23-13-11-20/h3-7,18,22H,8-16H2,1-2H3. The maximum atomic E-state index is 10.5. The van der Waals surface area contributed by atoms with Crippen molar-refractivity contribution in [2.75, 3.05) is 66.6 Å². The Bertz CT molecular complexity index is 422. The zero-order chi connectivity index (χ0) is 16.5. The zero-order valence-electron chi connectivity index (χ0n) is 14.5. The molecular formula is C18H31N3O2. The van der Waals surface area contributed by atoms with Crippen molar-refractivity contribution in [1.29, 1.82) is 0 Å². The maximum absolute atomic E-state index is 10.5. The third kappa shape index (κ3) is 7.42. The maximum Gasteiger partial charge on any atom is 0.0793 e. The largest absolute Gasteiger partial charge is 0.390 e. The molecule has 0 aromatic heterocycles. The van der Waals surface area contributed by atoms with E-state index in [2.05, 4.69) is 53.1 Å². The number of nitrogens with zero attached hydrogens (tertiary/aromatic N) is 3. The summed E-state index contributed by atoms with van der Waals surface area (Å²) < 4.78 is 5.37. The molecule has 0 aliphatic carbocycles. The van der Waals surface area contributed by atoms with E-state index in [1.165, 1.54) is 5.56 Å². The number of ether oxygens (including phenoxy) is 1. The van der Waals surface area contributed by atoms with Crippen LogP contribution in [-0.4, -0.2) is 92.5 Å². The third-order valence-corrected chi connectivity index (χ3v) is 4.15. The number of morpholine rings is 1.